The quantitative estimate of drug-likeness (QED) is 0.881. The molecule has 1 aromatic carbocycles. The van der Waals surface area contributed by atoms with E-state index in [1.54, 1.807) is 18.3 Å². The summed E-state index contributed by atoms with van der Waals surface area (Å²) in [5.41, 5.74) is 2.59. The number of aliphatic hydroxyl groups excluding tert-OH is 1. The molecule has 0 bridgehead atoms. The molecule has 1 aromatic heterocycles. The van der Waals surface area contributed by atoms with Crippen LogP contribution in [0.2, 0.25) is 0 Å². The predicted molar refractivity (Wildman–Crippen MR) is 64.0 cm³/mol. The van der Waals surface area contributed by atoms with Gasteiger partial charge in [0.25, 0.3) is 0 Å². The molecule has 0 aliphatic carbocycles. The Kier molecular flexibility index (Phi) is 3.49. The van der Waals surface area contributed by atoms with Crippen LogP contribution in [0.25, 0.3) is 0 Å². The van der Waals surface area contributed by atoms with Gasteiger partial charge in [0.1, 0.15) is 5.82 Å². The summed E-state index contributed by atoms with van der Waals surface area (Å²) in [5, 5.41) is 9.98. The lowest BCUT2D eigenvalue weighted by atomic mass is 10.0. The minimum atomic E-state index is -0.652. The van der Waals surface area contributed by atoms with Crippen LogP contribution in [-0.4, -0.2) is 10.1 Å². The number of nitrogens with zero attached hydrogens (tertiary/aromatic N) is 1. The lowest BCUT2D eigenvalue weighted by Gasteiger charge is -2.10. The van der Waals surface area contributed by atoms with Crippen LogP contribution in [0.15, 0.2) is 42.6 Å². The molecule has 2 nitrogen and oxygen atoms in total. The first-order chi connectivity index (χ1) is 8.15. The van der Waals surface area contributed by atoms with Crippen LogP contribution < -0.4 is 0 Å². The van der Waals surface area contributed by atoms with Gasteiger partial charge >= 0.3 is 0 Å². The topological polar surface area (TPSA) is 33.1 Å². The molecule has 0 amide bonds. The van der Waals surface area contributed by atoms with E-state index in [0.29, 0.717) is 12.1 Å². The molecule has 0 aliphatic rings. The lowest BCUT2D eigenvalue weighted by Crippen LogP contribution is -2.04. The van der Waals surface area contributed by atoms with E-state index >= 15 is 0 Å². The molecule has 0 spiro atoms. The van der Waals surface area contributed by atoms with Crippen molar-refractivity contribution in [2.75, 3.05) is 0 Å². The Morgan fingerprint density at radius 3 is 2.47 bits per heavy atom. The van der Waals surface area contributed by atoms with Gasteiger partial charge < -0.3 is 5.11 Å². The number of pyridine rings is 1. The zero-order valence-corrected chi connectivity index (χ0v) is 9.60. The van der Waals surface area contributed by atoms with Crippen LogP contribution in [0.3, 0.4) is 0 Å². The summed E-state index contributed by atoms with van der Waals surface area (Å²) in [5.74, 6) is -0.267. The Balaban J connectivity index is 2.08. The first-order valence-corrected chi connectivity index (χ1v) is 5.50. The molecule has 3 heteroatoms. The summed E-state index contributed by atoms with van der Waals surface area (Å²) < 4.78 is 12.7. The van der Waals surface area contributed by atoms with Crippen LogP contribution in [-0.2, 0) is 6.42 Å². The summed E-state index contributed by atoms with van der Waals surface area (Å²) in [4.78, 5) is 4.17. The highest BCUT2D eigenvalue weighted by Gasteiger charge is 2.09. The van der Waals surface area contributed by atoms with E-state index in [9.17, 15) is 9.50 Å². The number of hydrogen-bond acceptors (Lipinski definition) is 2. The van der Waals surface area contributed by atoms with Crippen LogP contribution >= 0.6 is 0 Å². The average molecular weight is 231 g/mol. The number of aliphatic hydroxyl groups is 1. The molecular formula is C14H14FNO. The third-order valence-electron chi connectivity index (χ3n) is 2.62. The third-order valence-corrected chi connectivity index (χ3v) is 2.62. The minimum absolute atomic E-state index is 0.267. The maximum absolute atomic E-state index is 12.7. The fraction of sp³-hybridized carbons (Fsp3) is 0.214. The maximum Gasteiger partial charge on any atom is 0.123 e. The molecule has 1 unspecified atom stereocenters. The van der Waals surface area contributed by atoms with Gasteiger partial charge in [-0.25, -0.2) is 4.39 Å². The molecule has 1 N–H and O–H groups in total. The average Bonchev–Trinajstić information content (AvgIpc) is 2.33. The Hall–Kier alpha value is -1.74. The lowest BCUT2D eigenvalue weighted by molar-refractivity contribution is 0.173. The molecule has 88 valence electrons. The second-order valence-corrected chi connectivity index (χ2v) is 4.11. The zero-order valence-electron chi connectivity index (χ0n) is 9.60. The van der Waals surface area contributed by atoms with Crippen molar-refractivity contribution >= 4 is 0 Å². The zero-order chi connectivity index (χ0) is 12.3. The number of rotatable bonds is 3. The number of aromatic nitrogens is 1. The van der Waals surface area contributed by atoms with Crippen molar-refractivity contribution in [2.45, 2.75) is 19.4 Å². The van der Waals surface area contributed by atoms with Crippen LogP contribution in [0.1, 0.15) is 22.9 Å². The van der Waals surface area contributed by atoms with Gasteiger partial charge in [0.15, 0.2) is 0 Å². The molecule has 2 rings (SSSR count). The molecule has 0 radical (unpaired) electrons. The van der Waals surface area contributed by atoms with Gasteiger partial charge in [-0.15, -0.1) is 0 Å². The monoisotopic (exact) mass is 231 g/mol. The predicted octanol–water partition coefficient (Wildman–Crippen LogP) is 2.81. The second kappa shape index (κ2) is 5.06. The van der Waals surface area contributed by atoms with E-state index < -0.39 is 6.10 Å². The van der Waals surface area contributed by atoms with Crippen molar-refractivity contribution in [1.29, 1.82) is 0 Å². The van der Waals surface area contributed by atoms with E-state index in [-0.39, 0.29) is 5.82 Å². The number of benzene rings is 1. The van der Waals surface area contributed by atoms with Gasteiger partial charge in [0.05, 0.1) is 11.8 Å². The van der Waals surface area contributed by atoms with Gasteiger partial charge in [-0.05, 0) is 36.2 Å². The van der Waals surface area contributed by atoms with Crippen molar-refractivity contribution in [1.82, 2.24) is 4.98 Å². The molecule has 1 atom stereocenters. The Bertz CT molecular complexity index is 479. The SMILES string of the molecule is Cc1ccc(C(O)Cc2ccc(F)cc2)nc1. The number of hydrogen-bond donors (Lipinski definition) is 1. The van der Waals surface area contributed by atoms with Crippen LogP contribution in [0.4, 0.5) is 4.39 Å². The fourth-order valence-corrected chi connectivity index (χ4v) is 1.62. The summed E-state index contributed by atoms with van der Waals surface area (Å²) in [6.45, 7) is 1.95. The standard InChI is InChI=1S/C14H14FNO/c1-10-2-7-13(16-9-10)14(17)8-11-3-5-12(15)6-4-11/h2-7,9,14,17H,8H2,1H3. The highest BCUT2D eigenvalue weighted by atomic mass is 19.1. The Morgan fingerprint density at radius 2 is 1.88 bits per heavy atom. The number of halogens is 1. The van der Waals surface area contributed by atoms with Gasteiger partial charge in [-0.3, -0.25) is 4.98 Å². The summed E-state index contributed by atoms with van der Waals surface area (Å²) in [6.07, 6.45) is 1.51. The van der Waals surface area contributed by atoms with Crippen molar-refractivity contribution < 1.29 is 9.50 Å². The molecule has 17 heavy (non-hydrogen) atoms. The van der Waals surface area contributed by atoms with E-state index in [1.807, 2.05) is 19.1 Å². The molecule has 1 heterocycles. The van der Waals surface area contributed by atoms with Crippen molar-refractivity contribution in [3.63, 3.8) is 0 Å². The minimum Gasteiger partial charge on any atom is -0.386 e. The van der Waals surface area contributed by atoms with Gasteiger partial charge in [0, 0.05) is 12.6 Å². The Morgan fingerprint density at radius 1 is 1.18 bits per heavy atom. The van der Waals surface area contributed by atoms with Crippen LogP contribution in [0, 0.1) is 12.7 Å². The fourth-order valence-electron chi connectivity index (χ4n) is 1.62. The normalized spacial score (nSPS) is 12.4. The van der Waals surface area contributed by atoms with Crippen molar-refractivity contribution in [3.05, 3.63) is 65.2 Å². The maximum atomic E-state index is 12.7. The van der Waals surface area contributed by atoms with Gasteiger partial charge in [-0.2, -0.15) is 0 Å². The van der Waals surface area contributed by atoms with Crippen molar-refractivity contribution in [3.8, 4) is 0 Å². The van der Waals surface area contributed by atoms with Crippen molar-refractivity contribution in [2.24, 2.45) is 0 Å². The number of aryl methyl sites for hydroxylation is 1. The summed E-state index contributed by atoms with van der Waals surface area (Å²) >= 11 is 0. The van der Waals surface area contributed by atoms with Gasteiger partial charge in [0.2, 0.25) is 0 Å². The molecule has 0 saturated carbocycles. The molecular weight excluding hydrogens is 217 g/mol. The highest BCUT2D eigenvalue weighted by molar-refractivity contribution is 5.20. The van der Waals surface area contributed by atoms with E-state index in [2.05, 4.69) is 4.98 Å². The molecule has 0 saturated heterocycles. The molecule has 2 aromatic rings. The van der Waals surface area contributed by atoms with E-state index in [1.165, 1.54) is 12.1 Å². The first-order valence-electron chi connectivity index (χ1n) is 5.50. The summed E-state index contributed by atoms with van der Waals surface area (Å²) in [6, 6.07) is 9.86. The molecule has 0 fully saturated rings. The Labute approximate surface area is 99.8 Å². The van der Waals surface area contributed by atoms with Crippen LogP contribution in [0.5, 0.6) is 0 Å². The largest absolute Gasteiger partial charge is 0.386 e. The second-order valence-electron chi connectivity index (χ2n) is 4.11. The highest BCUT2D eigenvalue weighted by Crippen LogP contribution is 2.16. The first kappa shape index (κ1) is 11.7. The van der Waals surface area contributed by atoms with E-state index in [4.69, 9.17) is 0 Å². The summed E-state index contributed by atoms with van der Waals surface area (Å²) in [7, 11) is 0. The van der Waals surface area contributed by atoms with Gasteiger partial charge in [-0.1, -0.05) is 18.2 Å². The van der Waals surface area contributed by atoms with E-state index in [0.717, 1.165) is 11.1 Å². The molecule has 0 aliphatic heterocycles. The smallest absolute Gasteiger partial charge is 0.123 e. The third kappa shape index (κ3) is 3.11.